The van der Waals surface area contributed by atoms with Gasteiger partial charge < -0.3 is 5.32 Å². The molecule has 0 amide bonds. The third kappa shape index (κ3) is 2.77. The molecule has 1 aliphatic carbocycles. The molecule has 0 aliphatic heterocycles. The standard InChI is InChI=1S/C14H22ClN3/c1-9(2)12-16-11(15)10(3)13(17-12)18-14(4)7-5-6-8-14/h9H,5-8H2,1-4H3,(H,16,17,18). The van der Waals surface area contributed by atoms with E-state index in [2.05, 4.69) is 36.1 Å². The number of nitrogens with zero attached hydrogens (tertiary/aromatic N) is 2. The zero-order chi connectivity index (χ0) is 13.3. The molecule has 1 aliphatic rings. The lowest BCUT2D eigenvalue weighted by atomic mass is 10.0. The minimum absolute atomic E-state index is 0.163. The van der Waals surface area contributed by atoms with Crippen molar-refractivity contribution in [3.8, 4) is 0 Å². The van der Waals surface area contributed by atoms with Crippen molar-refractivity contribution in [1.29, 1.82) is 0 Å². The molecule has 1 aromatic rings. The van der Waals surface area contributed by atoms with Gasteiger partial charge in [-0.25, -0.2) is 9.97 Å². The van der Waals surface area contributed by atoms with Crippen LogP contribution in [0.5, 0.6) is 0 Å². The predicted molar refractivity (Wildman–Crippen MR) is 76.4 cm³/mol. The molecule has 0 aromatic carbocycles. The van der Waals surface area contributed by atoms with Gasteiger partial charge in [0.2, 0.25) is 0 Å². The van der Waals surface area contributed by atoms with Crippen molar-refractivity contribution >= 4 is 17.4 Å². The first-order valence-electron chi connectivity index (χ1n) is 6.73. The maximum atomic E-state index is 6.20. The van der Waals surface area contributed by atoms with Gasteiger partial charge in [0.15, 0.2) is 0 Å². The van der Waals surface area contributed by atoms with Crippen LogP contribution in [0.25, 0.3) is 0 Å². The fourth-order valence-corrected chi connectivity index (χ4v) is 2.63. The first kappa shape index (κ1) is 13.6. The molecule has 3 nitrogen and oxygen atoms in total. The van der Waals surface area contributed by atoms with Gasteiger partial charge in [-0.15, -0.1) is 0 Å². The summed E-state index contributed by atoms with van der Waals surface area (Å²) in [6.45, 7) is 8.42. The lowest BCUT2D eigenvalue weighted by molar-refractivity contribution is 0.529. The quantitative estimate of drug-likeness (QED) is 0.830. The van der Waals surface area contributed by atoms with Gasteiger partial charge in [0, 0.05) is 17.0 Å². The Hall–Kier alpha value is -0.830. The average Bonchev–Trinajstić information content (AvgIpc) is 2.71. The van der Waals surface area contributed by atoms with Crippen molar-refractivity contribution in [2.24, 2.45) is 0 Å². The molecule has 1 fully saturated rings. The minimum atomic E-state index is 0.163. The maximum Gasteiger partial charge on any atom is 0.137 e. The number of rotatable bonds is 3. The molecule has 100 valence electrons. The lowest BCUT2D eigenvalue weighted by Gasteiger charge is -2.27. The van der Waals surface area contributed by atoms with Gasteiger partial charge in [-0.2, -0.15) is 0 Å². The summed E-state index contributed by atoms with van der Waals surface area (Å²) in [6, 6.07) is 0. The van der Waals surface area contributed by atoms with Crippen molar-refractivity contribution in [2.75, 3.05) is 5.32 Å². The molecule has 1 saturated carbocycles. The van der Waals surface area contributed by atoms with Crippen LogP contribution in [0, 0.1) is 6.92 Å². The van der Waals surface area contributed by atoms with Crippen LogP contribution in [0.15, 0.2) is 0 Å². The van der Waals surface area contributed by atoms with E-state index in [0.29, 0.717) is 11.1 Å². The van der Waals surface area contributed by atoms with Crippen molar-refractivity contribution in [3.05, 3.63) is 16.5 Å². The first-order chi connectivity index (χ1) is 8.41. The zero-order valence-corrected chi connectivity index (χ0v) is 12.4. The first-order valence-corrected chi connectivity index (χ1v) is 7.11. The van der Waals surface area contributed by atoms with Crippen molar-refractivity contribution in [2.45, 2.75) is 64.8 Å². The van der Waals surface area contributed by atoms with Crippen LogP contribution in [0.1, 0.15) is 63.8 Å². The second-order valence-corrected chi connectivity index (χ2v) is 6.25. The topological polar surface area (TPSA) is 37.8 Å². The Kier molecular flexibility index (Phi) is 3.81. The van der Waals surface area contributed by atoms with Crippen LogP contribution >= 0.6 is 11.6 Å². The molecule has 2 rings (SSSR count). The van der Waals surface area contributed by atoms with E-state index in [0.717, 1.165) is 17.2 Å². The fourth-order valence-electron chi connectivity index (χ4n) is 2.45. The molecule has 4 heteroatoms. The second-order valence-electron chi connectivity index (χ2n) is 5.89. The van der Waals surface area contributed by atoms with Crippen LogP contribution in [0.4, 0.5) is 5.82 Å². The van der Waals surface area contributed by atoms with Crippen LogP contribution in [0.3, 0.4) is 0 Å². The fraction of sp³-hybridized carbons (Fsp3) is 0.714. The van der Waals surface area contributed by atoms with Gasteiger partial charge in [-0.05, 0) is 26.7 Å². The molecule has 0 bridgehead atoms. The Bertz CT molecular complexity index is 437. The van der Waals surface area contributed by atoms with E-state index in [-0.39, 0.29) is 5.54 Å². The van der Waals surface area contributed by atoms with E-state index in [1.807, 2.05) is 6.92 Å². The normalized spacial score (nSPS) is 18.3. The SMILES string of the molecule is Cc1c(Cl)nc(C(C)C)nc1NC1(C)CCCC1. The highest BCUT2D eigenvalue weighted by Crippen LogP contribution is 2.34. The molecule has 18 heavy (non-hydrogen) atoms. The Morgan fingerprint density at radius 1 is 1.22 bits per heavy atom. The van der Waals surface area contributed by atoms with E-state index in [1.54, 1.807) is 0 Å². The summed E-state index contributed by atoms with van der Waals surface area (Å²) in [5.74, 6) is 2.01. The third-order valence-electron chi connectivity index (χ3n) is 3.75. The Balaban J connectivity index is 2.31. The number of hydrogen-bond donors (Lipinski definition) is 1. The van der Waals surface area contributed by atoms with E-state index < -0.39 is 0 Å². The number of halogens is 1. The van der Waals surface area contributed by atoms with Gasteiger partial charge in [0.1, 0.15) is 16.8 Å². The predicted octanol–water partition coefficient (Wildman–Crippen LogP) is 4.31. The summed E-state index contributed by atoms with van der Waals surface area (Å²) in [6.07, 6.45) is 4.98. The lowest BCUT2D eigenvalue weighted by Crippen LogP contribution is -2.32. The summed E-state index contributed by atoms with van der Waals surface area (Å²) < 4.78 is 0. The van der Waals surface area contributed by atoms with Gasteiger partial charge in [0.25, 0.3) is 0 Å². The van der Waals surface area contributed by atoms with Gasteiger partial charge >= 0.3 is 0 Å². The molecule has 0 saturated heterocycles. The second kappa shape index (κ2) is 5.04. The van der Waals surface area contributed by atoms with Gasteiger partial charge in [0.05, 0.1) is 0 Å². The molecule has 0 unspecified atom stereocenters. The highest BCUT2D eigenvalue weighted by atomic mass is 35.5. The van der Waals surface area contributed by atoms with Crippen LogP contribution in [-0.2, 0) is 0 Å². The highest BCUT2D eigenvalue weighted by molar-refractivity contribution is 6.30. The Morgan fingerprint density at radius 3 is 2.39 bits per heavy atom. The number of anilines is 1. The Labute approximate surface area is 114 Å². The summed E-state index contributed by atoms with van der Waals surface area (Å²) in [4.78, 5) is 8.98. The number of hydrogen-bond acceptors (Lipinski definition) is 3. The van der Waals surface area contributed by atoms with Crippen molar-refractivity contribution in [3.63, 3.8) is 0 Å². The summed E-state index contributed by atoms with van der Waals surface area (Å²) in [7, 11) is 0. The molecular weight excluding hydrogens is 246 g/mol. The van der Waals surface area contributed by atoms with Crippen LogP contribution < -0.4 is 5.32 Å². The smallest absolute Gasteiger partial charge is 0.137 e. The number of nitrogens with one attached hydrogen (secondary N) is 1. The molecule has 0 atom stereocenters. The Morgan fingerprint density at radius 2 is 1.83 bits per heavy atom. The van der Waals surface area contributed by atoms with Gasteiger partial charge in [-0.3, -0.25) is 0 Å². The van der Waals surface area contributed by atoms with Crippen molar-refractivity contribution < 1.29 is 0 Å². The van der Waals surface area contributed by atoms with Crippen molar-refractivity contribution in [1.82, 2.24) is 9.97 Å². The highest BCUT2D eigenvalue weighted by Gasteiger charge is 2.29. The minimum Gasteiger partial charge on any atom is -0.365 e. The molecule has 1 aromatic heterocycles. The zero-order valence-electron chi connectivity index (χ0n) is 11.7. The van der Waals surface area contributed by atoms with Crippen LogP contribution in [-0.4, -0.2) is 15.5 Å². The number of aromatic nitrogens is 2. The van der Waals surface area contributed by atoms with E-state index >= 15 is 0 Å². The summed E-state index contributed by atoms with van der Waals surface area (Å²) >= 11 is 6.20. The van der Waals surface area contributed by atoms with Gasteiger partial charge in [-0.1, -0.05) is 38.3 Å². The molecule has 1 N–H and O–H groups in total. The summed E-state index contributed by atoms with van der Waals surface area (Å²) in [5, 5.41) is 4.15. The van der Waals surface area contributed by atoms with E-state index in [4.69, 9.17) is 11.6 Å². The van der Waals surface area contributed by atoms with Crippen LogP contribution in [0.2, 0.25) is 5.15 Å². The largest absolute Gasteiger partial charge is 0.365 e. The monoisotopic (exact) mass is 267 g/mol. The third-order valence-corrected chi connectivity index (χ3v) is 4.12. The molecular formula is C14H22ClN3. The van der Waals surface area contributed by atoms with E-state index in [1.165, 1.54) is 25.7 Å². The maximum absolute atomic E-state index is 6.20. The molecule has 0 radical (unpaired) electrons. The molecule has 1 heterocycles. The van der Waals surface area contributed by atoms with E-state index in [9.17, 15) is 0 Å². The molecule has 0 spiro atoms. The summed E-state index contributed by atoms with van der Waals surface area (Å²) in [5.41, 5.74) is 1.12. The average molecular weight is 268 g/mol.